The summed E-state index contributed by atoms with van der Waals surface area (Å²) in [5.74, 6) is 1.35. The predicted molar refractivity (Wildman–Crippen MR) is 82.6 cm³/mol. The molecule has 112 valence electrons. The fourth-order valence-electron chi connectivity index (χ4n) is 4.69. The lowest BCUT2D eigenvalue weighted by atomic mass is 9.68. The molecular weight excluding hydrogens is 258 g/mol. The van der Waals surface area contributed by atoms with Gasteiger partial charge >= 0.3 is 0 Å². The summed E-state index contributed by atoms with van der Waals surface area (Å²) >= 11 is 0. The van der Waals surface area contributed by atoms with Crippen molar-refractivity contribution in [2.24, 2.45) is 18.9 Å². The van der Waals surface area contributed by atoms with Crippen LogP contribution in [0, 0.1) is 11.8 Å². The van der Waals surface area contributed by atoms with Gasteiger partial charge in [-0.25, -0.2) is 4.57 Å². The molecule has 1 aromatic heterocycles. The molecule has 4 rings (SSSR count). The lowest BCUT2D eigenvalue weighted by Gasteiger charge is -2.47. The highest BCUT2D eigenvalue weighted by Gasteiger charge is 2.43. The van der Waals surface area contributed by atoms with Crippen LogP contribution >= 0.6 is 0 Å². The first kappa shape index (κ1) is 13.5. The van der Waals surface area contributed by atoms with Crippen molar-refractivity contribution in [2.75, 3.05) is 0 Å². The zero-order chi connectivity index (χ0) is 14.2. The number of fused-ring (bicyclic) bond motifs is 3. The molecule has 0 radical (unpaired) electrons. The number of nitrogens with zero attached hydrogens (tertiary/aromatic N) is 1. The Bertz CT molecular complexity index is 550. The van der Waals surface area contributed by atoms with Gasteiger partial charge in [0.25, 0.3) is 0 Å². The van der Waals surface area contributed by atoms with Gasteiger partial charge in [-0.1, -0.05) is 24.5 Å². The Kier molecular flexibility index (Phi) is 3.58. The molecule has 0 amide bonds. The Morgan fingerprint density at radius 3 is 2.86 bits per heavy atom. The van der Waals surface area contributed by atoms with Crippen molar-refractivity contribution in [3.63, 3.8) is 0 Å². The topological polar surface area (TPSA) is 13.1 Å². The highest BCUT2D eigenvalue weighted by molar-refractivity contribution is 5.25. The molecule has 1 saturated carbocycles. The molecule has 1 aliphatic heterocycles. The van der Waals surface area contributed by atoms with Crippen LogP contribution < -0.4 is 4.57 Å². The van der Waals surface area contributed by atoms with Crippen LogP contribution in [0.5, 0.6) is 0 Å². The first-order valence-corrected chi connectivity index (χ1v) is 8.63. The van der Waals surface area contributed by atoms with E-state index < -0.39 is 0 Å². The molecule has 0 N–H and O–H groups in total. The molecule has 2 fully saturated rings. The Morgan fingerprint density at radius 2 is 1.95 bits per heavy atom. The second-order valence-corrected chi connectivity index (χ2v) is 7.03. The van der Waals surface area contributed by atoms with Crippen LogP contribution in [0.15, 0.2) is 36.2 Å². The molecular formula is C19H26NO+. The Morgan fingerprint density at radius 1 is 1.10 bits per heavy atom. The van der Waals surface area contributed by atoms with E-state index in [0.717, 1.165) is 5.92 Å². The largest absolute Gasteiger partial charge is 0.369 e. The molecule has 1 saturated heterocycles. The Balaban J connectivity index is 1.70. The molecule has 0 unspecified atom stereocenters. The van der Waals surface area contributed by atoms with E-state index in [1.165, 1.54) is 50.5 Å². The summed E-state index contributed by atoms with van der Waals surface area (Å²) in [6.07, 6.45) is 16.9. The standard InChI is InChI=1S/C19H26NO/c1-20-12-6-7-14(13-20)19-17-10-3-2-8-15(17)16-9-4-5-11-18(16)21-19/h6-8,12-13,16-19H,2-5,9-11H2,1H3/q+1/t16-,17+,18+,19-/m0/s1. The number of aromatic nitrogens is 1. The summed E-state index contributed by atoms with van der Waals surface area (Å²) in [6.45, 7) is 0. The van der Waals surface area contributed by atoms with E-state index in [0.29, 0.717) is 12.0 Å². The average Bonchev–Trinajstić information content (AvgIpc) is 2.54. The van der Waals surface area contributed by atoms with Crippen LogP contribution in [-0.4, -0.2) is 6.10 Å². The molecule has 2 aliphatic carbocycles. The van der Waals surface area contributed by atoms with Gasteiger partial charge in [0, 0.05) is 23.5 Å². The number of pyridine rings is 1. The van der Waals surface area contributed by atoms with Crippen molar-refractivity contribution < 1.29 is 9.30 Å². The molecule has 0 spiro atoms. The van der Waals surface area contributed by atoms with Gasteiger partial charge in [-0.2, -0.15) is 0 Å². The number of hydrogen-bond donors (Lipinski definition) is 0. The first-order valence-electron chi connectivity index (χ1n) is 8.63. The fourth-order valence-corrected chi connectivity index (χ4v) is 4.69. The van der Waals surface area contributed by atoms with E-state index in [1.807, 2.05) is 0 Å². The predicted octanol–water partition coefficient (Wildman–Crippen LogP) is 3.87. The lowest BCUT2D eigenvalue weighted by molar-refractivity contribution is -0.672. The number of aryl methyl sites for hydroxylation is 1. The third-order valence-corrected chi connectivity index (χ3v) is 5.64. The van der Waals surface area contributed by atoms with Crippen molar-refractivity contribution in [1.29, 1.82) is 0 Å². The lowest BCUT2D eigenvalue weighted by Crippen LogP contribution is -2.42. The van der Waals surface area contributed by atoms with Gasteiger partial charge in [0.05, 0.1) is 12.2 Å². The normalized spacial score (nSPS) is 35.6. The highest BCUT2D eigenvalue weighted by Crippen LogP contribution is 2.50. The fraction of sp³-hybridized carbons (Fsp3) is 0.632. The molecule has 4 atom stereocenters. The molecule has 0 bridgehead atoms. The zero-order valence-electron chi connectivity index (χ0n) is 13.0. The quantitative estimate of drug-likeness (QED) is 0.563. The minimum atomic E-state index is 0.281. The van der Waals surface area contributed by atoms with Crippen LogP contribution in [0.3, 0.4) is 0 Å². The van der Waals surface area contributed by atoms with Crippen molar-refractivity contribution in [3.8, 4) is 0 Å². The van der Waals surface area contributed by atoms with E-state index in [-0.39, 0.29) is 6.10 Å². The summed E-state index contributed by atoms with van der Waals surface area (Å²) in [6, 6.07) is 4.40. The van der Waals surface area contributed by atoms with Gasteiger partial charge in [0.1, 0.15) is 7.05 Å². The van der Waals surface area contributed by atoms with E-state index >= 15 is 0 Å². The van der Waals surface area contributed by atoms with E-state index in [4.69, 9.17) is 4.74 Å². The third-order valence-electron chi connectivity index (χ3n) is 5.64. The van der Waals surface area contributed by atoms with Crippen LogP contribution in [0.2, 0.25) is 0 Å². The first-order chi connectivity index (χ1) is 10.3. The highest BCUT2D eigenvalue weighted by atomic mass is 16.5. The second-order valence-electron chi connectivity index (χ2n) is 7.03. The van der Waals surface area contributed by atoms with Gasteiger partial charge in [-0.15, -0.1) is 0 Å². The minimum absolute atomic E-state index is 0.281. The maximum absolute atomic E-state index is 6.65. The number of hydrogen-bond acceptors (Lipinski definition) is 1. The van der Waals surface area contributed by atoms with Crippen LogP contribution in [0.4, 0.5) is 0 Å². The zero-order valence-corrected chi connectivity index (χ0v) is 13.0. The van der Waals surface area contributed by atoms with Gasteiger partial charge in [-0.05, 0) is 38.2 Å². The summed E-state index contributed by atoms with van der Waals surface area (Å²) < 4.78 is 8.80. The SMILES string of the molecule is C[n+]1cccc([C@@H]2O[C@@H]3CCCC[C@H]3C3=CCCC[C@H]32)c1. The summed E-state index contributed by atoms with van der Waals surface area (Å²) in [5, 5.41) is 0. The molecule has 2 heterocycles. The molecule has 1 aromatic rings. The number of rotatable bonds is 1. The molecule has 3 aliphatic rings. The van der Waals surface area contributed by atoms with E-state index in [1.54, 1.807) is 5.57 Å². The van der Waals surface area contributed by atoms with Crippen molar-refractivity contribution in [2.45, 2.75) is 57.2 Å². The molecule has 2 nitrogen and oxygen atoms in total. The van der Waals surface area contributed by atoms with Gasteiger partial charge < -0.3 is 4.74 Å². The monoisotopic (exact) mass is 284 g/mol. The number of ether oxygens (including phenoxy) is 1. The number of allylic oxidation sites excluding steroid dienone is 1. The summed E-state index contributed by atoms with van der Waals surface area (Å²) in [4.78, 5) is 0. The smallest absolute Gasteiger partial charge is 0.174 e. The van der Waals surface area contributed by atoms with Crippen molar-refractivity contribution >= 4 is 0 Å². The summed E-state index contributed by atoms with van der Waals surface area (Å²) in [5.41, 5.74) is 3.11. The Hall–Kier alpha value is -1.15. The minimum Gasteiger partial charge on any atom is -0.369 e. The van der Waals surface area contributed by atoms with Crippen molar-refractivity contribution in [3.05, 3.63) is 41.7 Å². The molecule has 2 heteroatoms. The van der Waals surface area contributed by atoms with Crippen molar-refractivity contribution in [1.82, 2.24) is 0 Å². The van der Waals surface area contributed by atoms with Crippen LogP contribution in [0.25, 0.3) is 0 Å². The van der Waals surface area contributed by atoms with Gasteiger partial charge in [0.2, 0.25) is 0 Å². The third kappa shape index (κ3) is 2.44. The van der Waals surface area contributed by atoms with Crippen LogP contribution in [0.1, 0.15) is 56.6 Å². The van der Waals surface area contributed by atoms with E-state index in [9.17, 15) is 0 Å². The molecule has 0 aromatic carbocycles. The van der Waals surface area contributed by atoms with Gasteiger partial charge in [0.15, 0.2) is 12.4 Å². The van der Waals surface area contributed by atoms with Gasteiger partial charge in [-0.3, -0.25) is 0 Å². The second kappa shape index (κ2) is 5.57. The Labute approximate surface area is 127 Å². The van der Waals surface area contributed by atoms with Crippen LogP contribution in [-0.2, 0) is 11.8 Å². The average molecular weight is 284 g/mol. The maximum Gasteiger partial charge on any atom is 0.174 e. The maximum atomic E-state index is 6.65. The summed E-state index contributed by atoms with van der Waals surface area (Å²) in [7, 11) is 2.10. The van der Waals surface area contributed by atoms with E-state index in [2.05, 4.69) is 42.2 Å². The molecule has 21 heavy (non-hydrogen) atoms.